The lowest BCUT2D eigenvalue weighted by molar-refractivity contribution is 0.489. The molecule has 3 heterocycles. The van der Waals surface area contributed by atoms with Crippen LogP contribution >= 0.6 is 0 Å². The maximum atomic E-state index is 6.57. The molecule has 0 unspecified atom stereocenters. The van der Waals surface area contributed by atoms with Crippen LogP contribution in [0.25, 0.3) is 71.9 Å². The zero-order valence-electron chi connectivity index (χ0n) is 34.7. The summed E-state index contributed by atoms with van der Waals surface area (Å²) >= 11 is 0. The zero-order chi connectivity index (χ0) is 42.8. The predicted molar refractivity (Wildman–Crippen MR) is 262 cm³/mol. The minimum atomic E-state index is 0.339. The van der Waals surface area contributed by atoms with Crippen molar-refractivity contribution in [2.45, 2.75) is 6.42 Å². The molecule has 304 valence electrons. The maximum Gasteiger partial charge on any atom is 0.246 e. The number of nitrogens with two attached hydrogens (primary N) is 1. The van der Waals surface area contributed by atoms with E-state index >= 15 is 0 Å². The van der Waals surface area contributed by atoms with Gasteiger partial charge in [-0.15, -0.1) is 0 Å². The summed E-state index contributed by atoms with van der Waals surface area (Å²) in [6.07, 6.45) is 4.43. The Kier molecular flexibility index (Phi) is 9.99. The third-order valence-electron chi connectivity index (χ3n) is 11.8. The van der Waals surface area contributed by atoms with Crippen LogP contribution in [0.5, 0.6) is 0 Å². The number of allylic oxidation sites excluding steroid dienone is 1. The molecule has 8 aromatic carbocycles. The Labute approximate surface area is 370 Å². The van der Waals surface area contributed by atoms with E-state index in [2.05, 4.69) is 181 Å². The van der Waals surface area contributed by atoms with E-state index in [-0.39, 0.29) is 0 Å². The summed E-state index contributed by atoms with van der Waals surface area (Å²) in [4.78, 5) is 14.8. The first-order valence-electron chi connectivity index (χ1n) is 21.3. The third-order valence-corrected chi connectivity index (χ3v) is 11.8. The van der Waals surface area contributed by atoms with Gasteiger partial charge in [0.2, 0.25) is 11.4 Å². The molecular formula is C58H40N4O2. The summed E-state index contributed by atoms with van der Waals surface area (Å²) in [6.45, 7) is 0. The van der Waals surface area contributed by atoms with Gasteiger partial charge in [0.15, 0.2) is 5.84 Å². The molecule has 0 spiro atoms. The molecule has 0 aliphatic carbocycles. The highest BCUT2D eigenvalue weighted by Crippen LogP contribution is 2.40. The van der Waals surface area contributed by atoms with Crippen LogP contribution in [0.3, 0.4) is 0 Å². The lowest BCUT2D eigenvalue weighted by atomic mass is 9.96. The van der Waals surface area contributed by atoms with Crippen molar-refractivity contribution in [1.82, 2.24) is 0 Å². The summed E-state index contributed by atoms with van der Waals surface area (Å²) in [7, 11) is 0. The largest absolute Gasteiger partial charge is 0.447 e. The Morgan fingerprint density at radius 3 is 1.56 bits per heavy atom. The van der Waals surface area contributed by atoms with Crippen molar-refractivity contribution in [2.75, 3.05) is 5.73 Å². The smallest absolute Gasteiger partial charge is 0.246 e. The number of aliphatic imine (C=N–C) groups is 2. The topological polar surface area (TPSA) is 89.4 Å². The molecule has 6 nitrogen and oxygen atoms in total. The van der Waals surface area contributed by atoms with Gasteiger partial charge in [0.05, 0.1) is 23.1 Å². The summed E-state index contributed by atoms with van der Waals surface area (Å²) in [5.74, 6) is 1.04. The lowest BCUT2D eigenvalue weighted by Crippen LogP contribution is -2.05. The number of benzene rings is 8. The predicted octanol–water partition coefficient (Wildman–Crippen LogP) is 14.3. The fraction of sp³-hybridized carbons (Fsp3) is 0.0172. The van der Waals surface area contributed by atoms with E-state index in [1.54, 1.807) is 18.4 Å². The molecule has 6 heteroatoms. The number of anilines is 1. The molecule has 2 N–H and O–H groups in total. The van der Waals surface area contributed by atoms with Crippen molar-refractivity contribution in [2.24, 2.45) is 15.0 Å². The van der Waals surface area contributed by atoms with Gasteiger partial charge in [-0.3, -0.25) is 0 Å². The zero-order valence-corrected chi connectivity index (χ0v) is 34.7. The fourth-order valence-corrected chi connectivity index (χ4v) is 8.36. The number of amidine groups is 1. The molecule has 64 heavy (non-hydrogen) atoms. The highest BCUT2D eigenvalue weighted by Gasteiger charge is 2.17. The van der Waals surface area contributed by atoms with Crippen molar-refractivity contribution >= 4 is 50.6 Å². The average Bonchev–Trinajstić information content (AvgIpc) is 3.52. The van der Waals surface area contributed by atoms with Crippen molar-refractivity contribution in [3.05, 3.63) is 241 Å². The SMILES string of the molecule is Nc1c(N=c2cccco2)oc2ccc3cc(-c4ccc(-c5ccc(-c6ccc(C7=NC(c8ccc(-c9ccccc9)cc8)=NC(c8ccccc8)=CC7)cc6)cc5)cc4)ccc3c12. The first kappa shape index (κ1) is 38.3. The second-order valence-corrected chi connectivity index (χ2v) is 15.8. The Bertz CT molecular complexity index is 3450. The van der Waals surface area contributed by atoms with E-state index in [4.69, 9.17) is 24.6 Å². The van der Waals surface area contributed by atoms with Gasteiger partial charge in [0.25, 0.3) is 0 Å². The number of furan rings is 1. The first-order chi connectivity index (χ1) is 31.6. The minimum absolute atomic E-state index is 0.339. The molecule has 11 rings (SSSR count). The summed E-state index contributed by atoms with van der Waals surface area (Å²) in [5.41, 5.74) is 22.4. The lowest BCUT2D eigenvalue weighted by Gasteiger charge is -2.09. The van der Waals surface area contributed by atoms with E-state index in [9.17, 15) is 0 Å². The van der Waals surface area contributed by atoms with Gasteiger partial charge in [-0.05, 0) is 84.6 Å². The Hall–Kier alpha value is -8.61. The highest BCUT2D eigenvalue weighted by atomic mass is 16.4. The summed E-state index contributed by atoms with van der Waals surface area (Å²) in [5, 5.41) is 2.93. The van der Waals surface area contributed by atoms with Gasteiger partial charge >= 0.3 is 0 Å². The molecule has 0 saturated heterocycles. The summed E-state index contributed by atoms with van der Waals surface area (Å²) in [6, 6.07) is 71.4. The number of nitrogens with zero attached hydrogens (tertiary/aromatic N) is 3. The quantitative estimate of drug-likeness (QED) is 0.165. The number of hydrogen-bond acceptors (Lipinski definition) is 6. The van der Waals surface area contributed by atoms with Gasteiger partial charge in [-0.25, -0.2) is 9.98 Å². The monoisotopic (exact) mass is 824 g/mol. The van der Waals surface area contributed by atoms with Crippen LogP contribution in [0.15, 0.2) is 242 Å². The van der Waals surface area contributed by atoms with E-state index in [1.807, 2.05) is 24.3 Å². The molecule has 0 atom stereocenters. The second kappa shape index (κ2) is 16.7. The van der Waals surface area contributed by atoms with Crippen LogP contribution in [-0.4, -0.2) is 11.5 Å². The molecule has 2 aromatic heterocycles. The molecular weight excluding hydrogens is 785 g/mol. The number of fused-ring (bicyclic) bond motifs is 3. The molecule has 0 bridgehead atoms. The molecule has 0 saturated carbocycles. The Balaban J connectivity index is 0.813. The summed E-state index contributed by atoms with van der Waals surface area (Å²) < 4.78 is 11.5. The van der Waals surface area contributed by atoms with Crippen molar-refractivity contribution in [3.63, 3.8) is 0 Å². The van der Waals surface area contributed by atoms with Crippen LogP contribution in [0.4, 0.5) is 11.6 Å². The molecule has 1 aliphatic heterocycles. The Morgan fingerprint density at radius 1 is 0.453 bits per heavy atom. The van der Waals surface area contributed by atoms with E-state index in [1.165, 1.54) is 5.56 Å². The van der Waals surface area contributed by atoms with Gasteiger partial charge in [0.1, 0.15) is 11.3 Å². The van der Waals surface area contributed by atoms with E-state index in [0.717, 1.165) is 83.2 Å². The first-order valence-corrected chi connectivity index (χ1v) is 21.3. The third kappa shape index (κ3) is 7.65. The number of hydrogen-bond donors (Lipinski definition) is 1. The molecule has 0 amide bonds. The number of nitrogen functional groups attached to an aromatic ring is 1. The van der Waals surface area contributed by atoms with Crippen molar-refractivity contribution < 1.29 is 8.83 Å². The van der Waals surface area contributed by atoms with E-state index < -0.39 is 0 Å². The van der Waals surface area contributed by atoms with Gasteiger partial charge in [-0.1, -0.05) is 188 Å². The van der Waals surface area contributed by atoms with Crippen LogP contribution in [-0.2, 0) is 0 Å². The second-order valence-electron chi connectivity index (χ2n) is 15.8. The van der Waals surface area contributed by atoms with Crippen LogP contribution in [0.2, 0.25) is 0 Å². The minimum Gasteiger partial charge on any atom is -0.447 e. The number of rotatable bonds is 8. The van der Waals surface area contributed by atoms with Crippen LogP contribution < -0.4 is 11.3 Å². The van der Waals surface area contributed by atoms with Gasteiger partial charge < -0.3 is 14.6 Å². The molecule has 10 aromatic rings. The Morgan fingerprint density at radius 2 is 0.969 bits per heavy atom. The highest BCUT2D eigenvalue weighted by molar-refractivity contribution is 6.16. The molecule has 1 aliphatic rings. The van der Waals surface area contributed by atoms with Gasteiger partial charge in [0, 0.05) is 18.1 Å². The maximum absolute atomic E-state index is 6.57. The van der Waals surface area contributed by atoms with Crippen LogP contribution in [0.1, 0.15) is 23.1 Å². The van der Waals surface area contributed by atoms with Gasteiger partial charge in [-0.2, -0.15) is 4.99 Å². The molecule has 0 radical (unpaired) electrons. The van der Waals surface area contributed by atoms with Crippen molar-refractivity contribution in [3.8, 4) is 44.5 Å². The molecule has 0 fully saturated rings. The normalized spacial score (nSPS) is 13.1. The fourth-order valence-electron chi connectivity index (χ4n) is 8.36. The van der Waals surface area contributed by atoms with Crippen molar-refractivity contribution in [1.29, 1.82) is 0 Å². The average molecular weight is 825 g/mol. The van der Waals surface area contributed by atoms with E-state index in [0.29, 0.717) is 35.0 Å². The standard InChI is InChI=1S/C58H40N4O2/c59-56-55-50-32-30-48(37-49(50)31-35-53(55)64-58(56)62-54-13-7-8-36-63-54)44-20-18-42(19-21-44)40-14-16-41(17-15-40)43-22-26-46(27-23-43)52-34-33-51(45-11-5-2-6-12-45)60-57(61-52)47-28-24-39(25-29-47)38-9-3-1-4-10-38/h1-33,35-37H,34,59H2. The van der Waals surface area contributed by atoms with Crippen LogP contribution in [0, 0.1) is 0 Å².